The zero-order chi connectivity index (χ0) is 15.7. The molecule has 2 saturated heterocycles. The van der Waals surface area contributed by atoms with Crippen molar-refractivity contribution < 1.29 is 18.0 Å². The number of aromatic nitrogens is 1. The summed E-state index contributed by atoms with van der Waals surface area (Å²) in [5, 5.41) is 3.07. The summed E-state index contributed by atoms with van der Waals surface area (Å²) < 4.78 is 37.5. The molecule has 1 aromatic heterocycles. The van der Waals surface area contributed by atoms with E-state index in [4.69, 9.17) is 0 Å². The maximum atomic E-state index is 12.5. The van der Waals surface area contributed by atoms with Crippen molar-refractivity contribution in [3.05, 3.63) is 23.9 Å². The number of nitrogens with one attached hydrogen (secondary N) is 1. The lowest BCUT2D eigenvalue weighted by molar-refractivity contribution is -0.138. The van der Waals surface area contributed by atoms with E-state index < -0.39 is 11.7 Å². The predicted molar refractivity (Wildman–Crippen MR) is 74.4 cm³/mol. The molecular formula is C14H17F3N4O. The zero-order valence-corrected chi connectivity index (χ0v) is 11.9. The molecule has 1 amide bonds. The van der Waals surface area contributed by atoms with Crippen LogP contribution in [0.1, 0.15) is 5.56 Å². The van der Waals surface area contributed by atoms with Crippen molar-refractivity contribution in [2.45, 2.75) is 6.18 Å². The number of carbonyl (C=O) groups is 1. The van der Waals surface area contributed by atoms with Crippen molar-refractivity contribution in [2.75, 3.05) is 44.2 Å². The van der Waals surface area contributed by atoms with Gasteiger partial charge in [0.05, 0.1) is 11.5 Å². The second kappa shape index (κ2) is 5.75. The Morgan fingerprint density at radius 2 is 1.86 bits per heavy atom. The highest BCUT2D eigenvalue weighted by molar-refractivity contribution is 5.80. The lowest BCUT2D eigenvalue weighted by atomic mass is 10.0. The fourth-order valence-electron chi connectivity index (χ4n) is 2.62. The van der Waals surface area contributed by atoms with Gasteiger partial charge in [0.15, 0.2) is 0 Å². The van der Waals surface area contributed by atoms with Crippen LogP contribution in [0.3, 0.4) is 0 Å². The van der Waals surface area contributed by atoms with E-state index in [1.807, 2.05) is 9.80 Å². The van der Waals surface area contributed by atoms with E-state index in [-0.39, 0.29) is 11.8 Å². The first kappa shape index (κ1) is 15.1. The Labute approximate surface area is 126 Å². The van der Waals surface area contributed by atoms with E-state index in [9.17, 15) is 18.0 Å². The quantitative estimate of drug-likeness (QED) is 0.884. The zero-order valence-electron chi connectivity index (χ0n) is 11.9. The molecule has 2 fully saturated rings. The topological polar surface area (TPSA) is 48.5 Å². The average Bonchev–Trinajstić information content (AvgIpc) is 2.45. The van der Waals surface area contributed by atoms with Crippen LogP contribution in [0.4, 0.5) is 19.0 Å². The van der Waals surface area contributed by atoms with Gasteiger partial charge in [-0.15, -0.1) is 0 Å². The second-order valence-electron chi connectivity index (χ2n) is 5.57. The predicted octanol–water partition coefficient (Wildman–Crippen LogP) is 0.968. The van der Waals surface area contributed by atoms with Gasteiger partial charge in [0.25, 0.3) is 0 Å². The fraction of sp³-hybridized carbons (Fsp3) is 0.571. The number of pyridine rings is 1. The van der Waals surface area contributed by atoms with E-state index in [2.05, 4.69) is 10.3 Å². The SMILES string of the molecule is O=C(C1CNC1)N1CCN(c2ccc(C(F)(F)F)cn2)CC1. The molecule has 0 atom stereocenters. The largest absolute Gasteiger partial charge is 0.417 e. The molecule has 3 rings (SSSR count). The van der Waals surface area contributed by atoms with Crippen LogP contribution >= 0.6 is 0 Å². The smallest absolute Gasteiger partial charge is 0.353 e. The molecule has 2 aliphatic rings. The maximum Gasteiger partial charge on any atom is 0.417 e. The van der Waals surface area contributed by atoms with Gasteiger partial charge in [0.1, 0.15) is 5.82 Å². The monoisotopic (exact) mass is 314 g/mol. The molecule has 0 radical (unpaired) electrons. The van der Waals surface area contributed by atoms with Crippen LogP contribution in [0.5, 0.6) is 0 Å². The van der Waals surface area contributed by atoms with Crippen molar-refractivity contribution in [3.8, 4) is 0 Å². The summed E-state index contributed by atoms with van der Waals surface area (Å²) in [7, 11) is 0. The molecule has 22 heavy (non-hydrogen) atoms. The third-order valence-corrected chi connectivity index (χ3v) is 4.12. The molecule has 0 saturated carbocycles. The number of carbonyl (C=O) groups excluding carboxylic acids is 1. The van der Waals surface area contributed by atoms with Gasteiger partial charge < -0.3 is 15.1 Å². The minimum absolute atomic E-state index is 0.0794. The summed E-state index contributed by atoms with van der Waals surface area (Å²) in [5.41, 5.74) is -0.748. The van der Waals surface area contributed by atoms with Gasteiger partial charge in [-0.3, -0.25) is 4.79 Å². The molecule has 0 aliphatic carbocycles. The van der Waals surface area contributed by atoms with E-state index in [1.165, 1.54) is 6.07 Å². The molecule has 3 heterocycles. The standard InChI is InChI=1S/C14H17F3N4O/c15-14(16,17)11-1-2-12(19-9-11)20-3-5-21(6-4-20)13(22)10-7-18-8-10/h1-2,9-10,18H,3-8H2. The molecule has 1 N–H and O–H groups in total. The molecule has 0 aromatic carbocycles. The van der Waals surface area contributed by atoms with Crippen molar-refractivity contribution in [3.63, 3.8) is 0 Å². The van der Waals surface area contributed by atoms with Gasteiger partial charge in [-0.1, -0.05) is 0 Å². The Hall–Kier alpha value is -1.83. The fourth-order valence-corrected chi connectivity index (χ4v) is 2.62. The third kappa shape index (κ3) is 3.01. The molecule has 0 spiro atoms. The number of rotatable bonds is 2. The Balaban J connectivity index is 1.58. The number of piperazine rings is 1. The van der Waals surface area contributed by atoms with Crippen LogP contribution in [0.2, 0.25) is 0 Å². The Bertz CT molecular complexity index is 534. The number of alkyl halides is 3. The van der Waals surface area contributed by atoms with Crippen molar-refractivity contribution in [1.29, 1.82) is 0 Å². The highest BCUT2D eigenvalue weighted by Crippen LogP contribution is 2.29. The van der Waals surface area contributed by atoms with Crippen molar-refractivity contribution in [2.24, 2.45) is 5.92 Å². The van der Waals surface area contributed by atoms with Gasteiger partial charge in [-0.05, 0) is 12.1 Å². The number of halogens is 3. The Morgan fingerprint density at radius 1 is 1.18 bits per heavy atom. The molecule has 2 aliphatic heterocycles. The van der Waals surface area contributed by atoms with Crippen LogP contribution in [0.15, 0.2) is 18.3 Å². The minimum atomic E-state index is -4.37. The lowest BCUT2D eigenvalue weighted by Crippen LogP contribution is -2.56. The van der Waals surface area contributed by atoms with Gasteiger partial charge in [-0.25, -0.2) is 4.98 Å². The van der Waals surface area contributed by atoms with E-state index in [0.29, 0.717) is 32.0 Å². The lowest BCUT2D eigenvalue weighted by Gasteiger charge is -2.38. The summed E-state index contributed by atoms with van der Waals surface area (Å²) in [5.74, 6) is 0.764. The summed E-state index contributed by atoms with van der Waals surface area (Å²) in [6, 6.07) is 2.43. The summed E-state index contributed by atoms with van der Waals surface area (Å²) in [6.45, 7) is 3.81. The highest BCUT2D eigenvalue weighted by Gasteiger charge is 2.32. The van der Waals surface area contributed by atoms with Crippen molar-refractivity contribution >= 4 is 11.7 Å². The van der Waals surface area contributed by atoms with E-state index in [1.54, 1.807) is 0 Å². The number of nitrogens with zero attached hydrogens (tertiary/aromatic N) is 3. The molecule has 0 bridgehead atoms. The van der Waals surface area contributed by atoms with Gasteiger partial charge in [-0.2, -0.15) is 13.2 Å². The van der Waals surface area contributed by atoms with E-state index >= 15 is 0 Å². The number of amides is 1. The molecule has 0 unspecified atom stereocenters. The molecule has 1 aromatic rings. The first-order chi connectivity index (χ1) is 10.4. The van der Waals surface area contributed by atoms with Crippen LogP contribution in [-0.2, 0) is 11.0 Å². The molecule has 8 heteroatoms. The third-order valence-electron chi connectivity index (χ3n) is 4.12. The van der Waals surface area contributed by atoms with Crippen LogP contribution in [0.25, 0.3) is 0 Å². The number of hydrogen-bond acceptors (Lipinski definition) is 4. The normalized spacial score (nSPS) is 20.0. The van der Waals surface area contributed by atoms with Crippen LogP contribution < -0.4 is 10.2 Å². The highest BCUT2D eigenvalue weighted by atomic mass is 19.4. The van der Waals surface area contributed by atoms with Gasteiger partial charge in [0.2, 0.25) is 5.91 Å². The number of hydrogen-bond donors (Lipinski definition) is 1. The Kier molecular flexibility index (Phi) is 3.94. The summed E-state index contributed by atoms with van der Waals surface area (Å²) in [4.78, 5) is 19.7. The van der Waals surface area contributed by atoms with Crippen LogP contribution in [0, 0.1) is 5.92 Å². The van der Waals surface area contributed by atoms with Gasteiger partial charge >= 0.3 is 6.18 Å². The van der Waals surface area contributed by atoms with Crippen LogP contribution in [-0.4, -0.2) is 55.1 Å². The van der Waals surface area contributed by atoms with Gasteiger partial charge in [0, 0.05) is 45.5 Å². The van der Waals surface area contributed by atoms with E-state index in [0.717, 1.165) is 25.4 Å². The summed E-state index contributed by atoms with van der Waals surface area (Å²) in [6.07, 6.45) is -3.51. The van der Waals surface area contributed by atoms with Crippen molar-refractivity contribution in [1.82, 2.24) is 15.2 Å². The summed E-state index contributed by atoms with van der Waals surface area (Å²) >= 11 is 0. The second-order valence-corrected chi connectivity index (χ2v) is 5.57. The maximum absolute atomic E-state index is 12.5. The molecule has 5 nitrogen and oxygen atoms in total. The average molecular weight is 314 g/mol. The number of anilines is 1. The Morgan fingerprint density at radius 3 is 2.32 bits per heavy atom. The molecular weight excluding hydrogens is 297 g/mol. The first-order valence-corrected chi connectivity index (χ1v) is 7.23. The minimum Gasteiger partial charge on any atom is -0.353 e. The first-order valence-electron chi connectivity index (χ1n) is 7.23. The molecule has 120 valence electrons.